The second-order valence-corrected chi connectivity index (χ2v) is 5.41. The van der Waals surface area contributed by atoms with Gasteiger partial charge in [0.1, 0.15) is 0 Å². The zero-order valence-electron chi connectivity index (χ0n) is 6.10. The van der Waals surface area contributed by atoms with Crippen molar-refractivity contribution in [1.82, 2.24) is 0 Å². The Bertz CT molecular complexity index is 250. The number of hydrogen-bond acceptors (Lipinski definition) is 1. The van der Waals surface area contributed by atoms with Crippen LogP contribution < -0.4 is 0 Å². The molecule has 1 aromatic rings. The van der Waals surface area contributed by atoms with Crippen molar-refractivity contribution in [2.24, 2.45) is 0 Å². The molecule has 60 valence electrons. The van der Waals surface area contributed by atoms with E-state index in [0.29, 0.717) is 0 Å². The van der Waals surface area contributed by atoms with Gasteiger partial charge in [0.25, 0.3) is 0 Å². The highest BCUT2D eigenvalue weighted by Gasteiger charge is 1.98. The van der Waals surface area contributed by atoms with Crippen LogP contribution in [0.15, 0.2) is 27.6 Å². The lowest BCUT2D eigenvalue weighted by atomic mass is 10.4. The van der Waals surface area contributed by atoms with E-state index in [0.717, 1.165) is 5.75 Å². The van der Waals surface area contributed by atoms with Gasteiger partial charge in [-0.05, 0) is 62.5 Å². The van der Waals surface area contributed by atoms with E-state index in [2.05, 4.69) is 63.6 Å². The average molecular weight is 343 g/mol. The standard InChI is InChI=1S/C8H8BrIS/c1-2-11-8-4-3-6(10)5-7(8)9/h3-5H,2H2,1H3. The summed E-state index contributed by atoms with van der Waals surface area (Å²) in [6.45, 7) is 2.16. The van der Waals surface area contributed by atoms with E-state index in [1.807, 2.05) is 11.8 Å². The van der Waals surface area contributed by atoms with Crippen molar-refractivity contribution in [3.63, 3.8) is 0 Å². The Labute approximate surface area is 93.4 Å². The van der Waals surface area contributed by atoms with Gasteiger partial charge in [-0.1, -0.05) is 6.92 Å². The molecule has 0 fully saturated rings. The van der Waals surface area contributed by atoms with Crippen LogP contribution in [0.25, 0.3) is 0 Å². The smallest absolute Gasteiger partial charge is 0.0321 e. The van der Waals surface area contributed by atoms with Crippen LogP contribution in [0, 0.1) is 3.57 Å². The molecule has 1 aromatic carbocycles. The molecule has 11 heavy (non-hydrogen) atoms. The van der Waals surface area contributed by atoms with Crippen LogP contribution in [0.4, 0.5) is 0 Å². The molecule has 0 unspecified atom stereocenters. The summed E-state index contributed by atoms with van der Waals surface area (Å²) in [6.07, 6.45) is 0. The summed E-state index contributed by atoms with van der Waals surface area (Å²) < 4.78 is 2.48. The van der Waals surface area contributed by atoms with Crippen molar-refractivity contribution in [1.29, 1.82) is 0 Å². The molecule has 0 aliphatic carbocycles. The minimum absolute atomic E-state index is 1.12. The van der Waals surface area contributed by atoms with Crippen LogP contribution in [0.3, 0.4) is 0 Å². The minimum atomic E-state index is 1.12. The monoisotopic (exact) mass is 342 g/mol. The predicted molar refractivity (Wildman–Crippen MR) is 63.3 cm³/mol. The van der Waals surface area contributed by atoms with Gasteiger partial charge in [0.15, 0.2) is 0 Å². The third kappa shape index (κ3) is 2.95. The van der Waals surface area contributed by atoms with E-state index in [-0.39, 0.29) is 0 Å². The molecule has 1 rings (SSSR count). The lowest BCUT2D eigenvalue weighted by Gasteiger charge is -2.01. The van der Waals surface area contributed by atoms with Crippen LogP contribution in [-0.4, -0.2) is 5.75 Å². The topological polar surface area (TPSA) is 0 Å². The average Bonchev–Trinajstić information content (AvgIpc) is 1.95. The summed E-state index contributed by atoms with van der Waals surface area (Å²) in [6, 6.07) is 6.42. The predicted octanol–water partition coefficient (Wildman–Crippen LogP) is 4.17. The summed E-state index contributed by atoms with van der Waals surface area (Å²) in [5.74, 6) is 1.12. The maximum atomic E-state index is 3.52. The first-order valence-electron chi connectivity index (χ1n) is 3.32. The second-order valence-electron chi connectivity index (χ2n) is 2.01. The van der Waals surface area contributed by atoms with E-state index in [1.54, 1.807) is 0 Å². The molecule has 0 aliphatic heterocycles. The summed E-state index contributed by atoms with van der Waals surface area (Å²) in [4.78, 5) is 1.33. The Kier molecular flexibility index (Phi) is 4.23. The summed E-state index contributed by atoms with van der Waals surface area (Å²) in [5.41, 5.74) is 0. The van der Waals surface area contributed by atoms with Gasteiger partial charge >= 0.3 is 0 Å². The zero-order chi connectivity index (χ0) is 8.27. The number of hydrogen-bond donors (Lipinski definition) is 0. The third-order valence-electron chi connectivity index (χ3n) is 1.19. The molecule has 0 saturated carbocycles. The first kappa shape index (κ1) is 9.86. The van der Waals surface area contributed by atoms with E-state index < -0.39 is 0 Å². The van der Waals surface area contributed by atoms with Gasteiger partial charge in [0, 0.05) is 12.9 Å². The maximum Gasteiger partial charge on any atom is 0.0321 e. The molecule has 0 atom stereocenters. The van der Waals surface area contributed by atoms with Gasteiger partial charge in [-0.25, -0.2) is 0 Å². The fourth-order valence-corrected chi connectivity index (χ4v) is 3.06. The van der Waals surface area contributed by atoms with Crippen molar-refractivity contribution in [3.8, 4) is 0 Å². The Morgan fingerprint density at radius 1 is 1.55 bits per heavy atom. The van der Waals surface area contributed by atoms with Gasteiger partial charge < -0.3 is 0 Å². The Hall–Kier alpha value is 0.780. The van der Waals surface area contributed by atoms with Gasteiger partial charge in [-0.2, -0.15) is 0 Å². The Morgan fingerprint density at radius 3 is 2.82 bits per heavy atom. The van der Waals surface area contributed by atoms with Crippen LogP contribution in [0.2, 0.25) is 0 Å². The summed E-state index contributed by atoms with van der Waals surface area (Å²) in [5, 5.41) is 0. The first-order chi connectivity index (χ1) is 5.24. The minimum Gasteiger partial charge on any atom is -0.125 e. The van der Waals surface area contributed by atoms with Crippen LogP contribution in [-0.2, 0) is 0 Å². The van der Waals surface area contributed by atoms with E-state index in [4.69, 9.17) is 0 Å². The van der Waals surface area contributed by atoms with E-state index in [1.165, 1.54) is 12.9 Å². The quantitative estimate of drug-likeness (QED) is 0.574. The van der Waals surface area contributed by atoms with Crippen molar-refractivity contribution in [3.05, 3.63) is 26.2 Å². The molecule has 0 heterocycles. The third-order valence-corrected chi connectivity index (χ3v) is 3.74. The molecular weight excluding hydrogens is 335 g/mol. The fourth-order valence-electron chi connectivity index (χ4n) is 0.748. The van der Waals surface area contributed by atoms with Gasteiger partial charge in [-0.15, -0.1) is 11.8 Å². The molecule has 0 amide bonds. The highest BCUT2D eigenvalue weighted by Crippen LogP contribution is 2.28. The number of halogens is 2. The number of benzene rings is 1. The Balaban J connectivity index is 2.90. The van der Waals surface area contributed by atoms with Crippen molar-refractivity contribution >= 4 is 50.3 Å². The lowest BCUT2D eigenvalue weighted by molar-refractivity contribution is 1.37. The van der Waals surface area contributed by atoms with Crippen LogP contribution in [0.1, 0.15) is 6.92 Å². The molecule has 0 nitrogen and oxygen atoms in total. The normalized spacial score (nSPS) is 10.1. The molecule has 3 heteroatoms. The van der Waals surface area contributed by atoms with E-state index >= 15 is 0 Å². The van der Waals surface area contributed by atoms with Crippen molar-refractivity contribution in [2.45, 2.75) is 11.8 Å². The van der Waals surface area contributed by atoms with E-state index in [9.17, 15) is 0 Å². The summed E-state index contributed by atoms with van der Waals surface area (Å²) >= 11 is 7.69. The molecule has 0 spiro atoms. The van der Waals surface area contributed by atoms with Crippen LogP contribution >= 0.6 is 50.3 Å². The molecule has 0 radical (unpaired) electrons. The molecule has 0 N–H and O–H groups in total. The van der Waals surface area contributed by atoms with Crippen LogP contribution in [0.5, 0.6) is 0 Å². The molecule has 0 saturated heterocycles. The van der Waals surface area contributed by atoms with Gasteiger partial charge in [0.05, 0.1) is 0 Å². The molecular formula is C8H8BrIS. The second kappa shape index (κ2) is 4.72. The highest BCUT2D eigenvalue weighted by atomic mass is 127. The molecule has 0 bridgehead atoms. The summed E-state index contributed by atoms with van der Waals surface area (Å²) in [7, 11) is 0. The van der Waals surface area contributed by atoms with Crippen molar-refractivity contribution in [2.75, 3.05) is 5.75 Å². The molecule has 0 aromatic heterocycles. The van der Waals surface area contributed by atoms with Crippen molar-refractivity contribution < 1.29 is 0 Å². The zero-order valence-corrected chi connectivity index (χ0v) is 10.7. The van der Waals surface area contributed by atoms with Gasteiger partial charge in [-0.3, -0.25) is 0 Å². The first-order valence-corrected chi connectivity index (χ1v) is 6.17. The lowest BCUT2D eigenvalue weighted by Crippen LogP contribution is -1.77. The largest absolute Gasteiger partial charge is 0.125 e. The number of rotatable bonds is 2. The number of thioether (sulfide) groups is 1. The van der Waals surface area contributed by atoms with Gasteiger partial charge in [0.2, 0.25) is 0 Å². The maximum absolute atomic E-state index is 3.52. The fraction of sp³-hybridized carbons (Fsp3) is 0.250. The highest BCUT2D eigenvalue weighted by molar-refractivity contribution is 14.1. The SMILES string of the molecule is CCSc1ccc(I)cc1Br. The molecule has 0 aliphatic rings. The Morgan fingerprint density at radius 2 is 2.27 bits per heavy atom.